The van der Waals surface area contributed by atoms with E-state index in [0.717, 1.165) is 44.8 Å². The molecular weight excluding hydrogens is 713 g/mol. The average molecular weight is 749 g/mol. The van der Waals surface area contributed by atoms with Gasteiger partial charge in [-0.2, -0.15) is 0 Å². The first-order valence-electron chi connectivity index (χ1n) is 19.3. The quantitative estimate of drug-likeness (QED) is 0.125. The fourth-order valence-electron chi connectivity index (χ4n) is 8.27. The van der Waals surface area contributed by atoms with Gasteiger partial charge < -0.3 is 20.6 Å². The molecule has 270 valence electrons. The average Bonchev–Trinajstić information content (AvgIpc) is 3.98. The number of fused-ring (bicyclic) bond motifs is 6. The molecule has 0 fully saturated rings. The first-order valence-corrected chi connectivity index (χ1v) is 20.1. The van der Waals surface area contributed by atoms with E-state index in [1.807, 2.05) is 11.3 Å². The predicted octanol–water partition coefficient (Wildman–Crippen LogP) is 15.2. The van der Waals surface area contributed by atoms with Gasteiger partial charge in [0.15, 0.2) is 0 Å². The van der Waals surface area contributed by atoms with E-state index in [1.165, 1.54) is 64.7 Å². The van der Waals surface area contributed by atoms with Crippen LogP contribution >= 0.6 is 11.3 Å². The largest absolute Gasteiger partial charge is 0.354 e. The second-order valence-electron chi connectivity index (χ2n) is 14.4. The number of aromatic amines is 2. The van der Waals surface area contributed by atoms with Crippen LogP contribution in [0.15, 0.2) is 194 Å². The van der Waals surface area contributed by atoms with Crippen LogP contribution < -0.4 is 10.6 Å². The molecule has 0 aliphatic heterocycles. The van der Waals surface area contributed by atoms with Gasteiger partial charge in [-0.3, -0.25) is 0 Å². The minimum atomic E-state index is 1.03. The topological polar surface area (TPSA) is 55.6 Å². The number of rotatable bonds is 8. The molecule has 0 aliphatic rings. The molecule has 0 saturated heterocycles. The molecular formula is C52H36N4S. The van der Waals surface area contributed by atoms with Crippen LogP contribution in [0, 0.1) is 0 Å². The molecule has 57 heavy (non-hydrogen) atoms. The van der Waals surface area contributed by atoms with Crippen LogP contribution in [-0.2, 0) is 0 Å². The molecule has 0 spiro atoms. The van der Waals surface area contributed by atoms with E-state index in [0.29, 0.717) is 0 Å². The molecule has 8 aromatic carbocycles. The lowest BCUT2D eigenvalue weighted by Gasteiger charge is -2.13. The Morgan fingerprint density at radius 2 is 0.702 bits per heavy atom. The van der Waals surface area contributed by atoms with Crippen molar-refractivity contribution < 1.29 is 0 Å². The summed E-state index contributed by atoms with van der Waals surface area (Å²) in [6.07, 6.45) is 0. The summed E-state index contributed by atoms with van der Waals surface area (Å²) in [5, 5.41) is 12.3. The summed E-state index contributed by atoms with van der Waals surface area (Å²) in [7, 11) is 0. The highest BCUT2D eigenvalue weighted by atomic mass is 32.1. The summed E-state index contributed by atoms with van der Waals surface area (Å²) in [5.74, 6) is 0. The SMILES string of the molecule is c1ccc(-c2sc(-c3ccc(Nc4cccc5c4[nH]c4ccccc45)cc3)c(-c3ccc(Nc4cccc5c4[nH]c4ccccc45)cc3)c2-c2ccccc2)cc1. The first-order chi connectivity index (χ1) is 28.2. The monoisotopic (exact) mass is 748 g/mol. The smallest absolute Gasteiger partial charge is 0.0704 e. The number of anilines is 4. The molecule has 0 aliphatic carbocycles. The van der Waals surface area contributed by atoms with Crippen molar-refractivity contribution in [2.75, 3.05) is 10.6 Å². The maximum Gasteiger partial charge on any atom is 0.0704 e. The Kier molecular flexibility index (Phi) is 7.97. The van der Waals surface area contributed by atoms with Gasteiger partial charge in [-0.1, -0.05) is 146 Å². The van der Waals surface area contributed by atoms with Crippen LogP contribution in [0.25, 0.3) is 86.7 Å². The zero-order chi connectivity index (χ0) is 37.7. The van der Waals surface area contributed by atoms with Crippen molar-refractivity contribution in [2.24, 2.45) is 0 Å². The highest BCUT2D eigenvalue weighted by Crippen LogP contribution is 2.52. The molecule has 0 saturated carbocycles. The Balaban J connectivity index is 1.00. The minimum absolute atomic E-state index is 1.03. The van der Waals surface area contributed by atoms with Gasteiger partial charge in [-0.25, -0.2) is 0 Å². The molecule has 4 N–H and O–H groups in total. The number of benzene rings is 8. The van der Waals surface area contributed by atoms with Crippen molar-refractivity contribution in [3.63, 3.8) is 0 Å². The van der Waals surface area contributed by atoms with Crippen LogP contribution in [0.5, 0.6) is 0 Å². The summed E-state index contributed by atoms with van der Waals surface area (Å²) in [5.41, 5.74) is 15.9. The highest BCUT2D eigenvalue weighted by Gasteiger charge is 2.23. The van der Waals surface area contributed by atoms with Crippen LogP contribution in [-0.4, -0.2) is 9.97 Å². The van der Waals surface area contributed by atoms with Gasteiger partial charge in [-0.15, -0.1) is 11.3 Å². The number of hydrogen-bond donors (Lipinski definition) is 4. The molecule has 0 atom stereocenters. The van der Waals surface area contributed by atoms with Gasteiger partial charge in [0.2, 0.25) is 0 Å². The third-order valence-electron chi connectivity index (χ3n) is 11.0. The molecule has 0 amide bonds. The third-order valence-corrected chi connectivity index (χ3v) is 12.3. The number of H-pyrrole nitrogens is 2. The zero-order valence-electron chi connectivity index (χ0n) is 30.9. The normalized spacial score (nSPS) is 11.5. The van der Waals surface area contributed by atoms with Crippen molar-refractivity contribution in [1.29, 1.82) is 0 Å². The summed E-state index contributed by atoms with van der Waals surface area (Å²) < 4.78 is 0. The first kappa shape index (κ1) is 33.0. The second kappa shape index (κ2) is 13.7. The second-order valence-corrected chi connectivity index (χ2v) is 15.5. The third kappa shape index (κ3) is 5.84. The lowest BCUT2D eigenvalue weighted by Crippen LogP contribution is -1.92. The number of aromatic nitrogens is 2. The van der Waals surface area contributed by atoms with Crippen molar-refractivity contribution in [1.82, 2.24) is 9.97 Å². The zero-order valence-corrected chi connectivity index (χ0v) is 31.7. The molecule has 11 rings (SSSR count). The van der Waals surface area contributed by atoms with Gasteiger partial charge in [0.1, 0.15) is 0 Å². The van der Waals surface area contributed by atoms with Crippen LogP contribution in [0.2, 0.25) is 0 Å². The molecule has 0 unspecified atom stereocenters. The van der Waals surface area contributed by atoms with Gasteiger partial charge in [0, 0.05) is 64.8 Å². The van der Waals surface area contributed by atoms with Crippen molar-refractivity contribution in [3.05, 3.63) is 194 Å². The summed E-state index contributed by atoms with van der Waals surface area (Å²) in [6, 6.07) is 69.3. The summed E-state index contributed by atoms with van der Waals surface area (Å²) in [4.78, 5) is 9.76. The van der Waals surface area contributed by atoms with Gasteiger partial charge >= 0.3 is 0 Å². The number of para-hydroxylation sites is 4. The minimum Gasteiger partial charge on any atom is -0.354 e. The number of hydrogen-bond acceptors (Lipinski definition) is 3. The predicted molar refractivity (Wildman–Crippen MR) is 244 cm³/mol. The van der Waals surface area contributed by atoms with Gasteiger partial charge in [0.05, 0.1) is 22.4 Å². The van der Waals surface area contributed by atoms with E-state index in [4.69, 9.17) is 0 Å². The molecule has 0 bridgehead atoms. The maximum absolute atomic E-state index is 3.72. The van der Waals surface area contributed by atoms with Crippen LogP contribution in [0.3, 0.4) is 0 Å². The summed E-state index contributed by atoms with van der Waals surface area (Å²) in [6.45, 7) is 0. The number of nitrogens with one attached hydrogen (secondary N) is 4. The van der Waals surface area contributed by atoms with Crippen molar-refractivity contribution in [2.45, 2.75) is 0 Å². The number of thiophene rings is 1. The Bertz CT molecular complexity index is 3210. The fraction of sp³-hybridized carbons (Fsp3) is 0. The van der Waals surface area contributed by atoms with E-state index in [2.05, 4.69) is 215 Å². The van der Waals surface area contributed by atoms with Crippen LogP contribution in [0.4, 0.5) is 22.7 Å². The highest BCUT2D eigenvalue weighted by molar-refractivity contribution is 7.20. The van der Waals surface area contributed by atoms with E-state index in [-0.39, 0.29) is 0 Å². The van der Waals surface area contributed by atoms with Gasteiger partial charge in [-0.05, 0) is 70.8 Å². The molecule has 4 nitrogen and oxygen atoms in total. The molecule has 11 aromatic rings. The molecule has 0 radical (unpaired) electrons. The Labute approximate surface area is 334 Å². The lowest BCUT2D eigenvalue weighted by atomic mass is 9.91. The van der Waals surface area contributed by atoms with Crippen molar-refractivity contribution >= 4 is 77.7 Å². The Morgan fingerprint density at radius 3 is 1.21 bits per heavy atom. The van der Waals surface area contributed by atoms with Crippen LogP contribution in [0.1, 0.15) is 0 Å². The van der Waals surface area contributed by atoms with Gasteiger partial charge in [0.25, 0.3) is 0 Å². The molecule has 3 heterocycles. The van der Waals surface area contributed by atoms with E-state index in [1.54, 1.807) is 0 Å². The summed E-state index contributed by atoms with van der Waals surface area (Å²) >= 11 is 1.86. The van der Waals surface area contributed by atoms with Crippen molar-refractivity contribution in [3.8, 4) is 43.1 Å². The lowest BCUT2D eigenvalue weighted by molar-refractivity contribution is 1.51. The Morgan fingerprint density at radius 1 is 0.316 bits per heavy atom. The van der Waals surface area contributed by atoms with E-state index < -0.39 is 0 Å². The van der Waals surface area contributed by atoms with E-state index in [9.17, 15) is 0 Å². The molecule has 3 aromatic heterocycles. The Hall–Kier alpha value is -7.34. The maximum atomic E-state index is 3.72. The molecule has 5 heteroatoms. The fourth-order valence-corrected chi connectivity index (χ4v) is 9.63. The standard InChI is InChI=1S/C52H36N4S/c1-3-13-33(14-4-1)47-48(34-25-29-37(30-26-34)53-45-23-11-19-41-39-17-7-9-21-43(39)55-49(41)45)52(57-51(47)35-15-5-2-6-16-35)36-27-31-38(32-28-36)54-46-24-12-20-42-40-18-8-10-22-44(40)56-50(42)46/h1-32,53-56H. The van der Waals surface area contributed by atoms with E-state index >= 15 is 0 Å².